The molecule has 0 aliphatic rings. The van der Waals surface area contributed by atoms with Gasteiger partial charge in [0.15, 0.2) is 0 Å². The van der Waals surface area contributed by atoms with Gasteiger partial charge in [0.2, 0.25) is 0 Å². The zero-order valence-corrected chi connectivity index (χ0v) is 14.6. The van der Waals surface area contributed by atoms with Crippen LogP contribution >= 0.6 is 0 Å². The van der Waals surface area contributed by atoms with Gasteiger partial charge in [-0.05, 0) is 29.7 Å². The molecule has 7 heteroatoms. The Morgan fingerprint density at radius 1 is 1.07 bits per heavy atom. The van der Waals surface area contributed by atoms with Crippen LogP contribution in [0.25, 0.3) is 38.2 Å². The van der Waals surface area contributed by atoms with E-state index in [1.807, 2.05) is 49.3 Å². The highest BCUT2D eigenvalue weighted by atomic mass is 16.6. The average molecular weight is 358 g/mol. The van der Waals surface area contributed by atoms with Crippen LogP contribution in [0, 0.1) is 10.1 Å². The first kappa shape index (κ1) is 15.5. The van der Waals surface area contributed by atoms with Crippen molar-refractivity contribution in [3.63, 3.8) is 0 Å². The Morgan fingerprint density at radius 2 is 1.89 bits per heavy atom. The Kier molecular flexibility index (Phi) is 2.95. The smallest absolute Gasteiger partial charge is 0.271 e. The standard InChI is InChI=1S/C20H14N4O3/c1-22(2)13-8-11-4-3-5-14-18(11)15(9-13)19-21-16-10-12(24(26)27)6-7-17(16)23(19)20(14)25/h3-10H,1-2H3. The van der Waals surface area contributed by atoms with Gasteiger partial charge in [-0.3, -0.25) is 19.3 Å². The number of fused-ring (bicyclic) bond motifs is 4. The predicted molar refractivity (Wildman–Crippen MR) is 106 cm³/mol. The van der Waals surface area contributed by atoms with Crippen molar-refractivity contribution in [3.8, 4) is 0 Å². The van der Waals surface area contributed by atoms with Crippen LogP contribution in [0.5, 0.6) is 0 Å². The van der Waals surface area contributed by atoms with E-state index in [0.717, 1.165) is 21.8 Å². The number of nitro groups is 1. The molecule has 0 N–H and O–H groups in total. The molecule has 2 heterocycles. The molecule has 0 saturated carbocycles. The summed E-state index contributed by atoms with van der Waals surface area (Å²) in [4.78, 5) is 30.4. The van der Waals surface area contributed by atoms with Crippen molar-refractivity contribution in [2.45, 2.75) is 0 Å². The van der Waals surface area contributed by atoms with E-state index < -0.39 is 4.92 Å². The molecule has 7 nitrogen and oxygen atoms in total. The maximum absolute atomic E-state index is 13.2. The first-order chi connectivity index (χ1) is 13.0. The molecule has 0 saturated heterocycles. The lowest BCUT2D eigenvalue weighted by atomic mass is 10.0. The zero-order chi connectivity index (χ0) is 18.9. The molecule has 0 bridgehead atoms. The van der Waals surface area contributed by atoms with Gasteiger partial charge in [0.05, 0.1) is 16.0 Å². The second kappa shape index (κ2) is 5.14. The van der Waals surface area contributed by atoms with Crippen LogP contribution in [-0.4, -0.2) is 28.4 Å². The van der Waals surface area contributed by atoms with Crippen molar-refractivity contribution in [1.82, 2.24) is 9.38 Å². The van der Waals surface area contributed by atoms with Gasteiger partial charge in [-0.15, -0.1) is 0 Å². The summed E-state index contributed by atoms with van der Waals surface area (Å²) in [5.41, 5.74) is 2.30. The minimum atomic E-state index is -0.459. The second-order valence-electron chi connectivity index (χ2n) is 6.80. The molecule has 3 aromatic carbocycles. The van der Waals surface area contributed by atoms with Crippen molar-refractivity contribution in [2.75, 3.05) is 19.0 Å². The molecule has 0 aliphatic heterocycles. The first-order valence-electron chi connectivity index (χ1n) is 8.42. The number of nitro benzene ring substituents is 1. The molecule has 0 amide bonds. The van der Waals surface area contributed by atoms with E-state index in [1.165, 1.54) is 12.1 Å². The lowest BCUT2D eigenvalue weighted by Crippen LogP contribution is -2.14. The molecule has 0 aliphatic carbocycles. The highest BCUT2D eigenvalue weighted by Crippen LogP contribution is 2.33. The van der Waals surface area contributed by atoms with E-state index in [-0.39, 0.29) is 11.2 Å². The minimum absolute atomic E-state index is 0.0462. The van der Waals surface area contributed by atoms with Gasteiger partial charge in [0, 0.05) is 48.1 Å². The highest BCUT2D eigenvalue weighted by molar-refractivity contribution is 6.16. The third kappa shape index (κ3) is 2.02. The van der Waals surface area contributed by atoms with Crippen molar-refractivity contribution in [3.05, 3.63) is 69.0 Å². The number of benzene rings is 3. The molecule has 0 atom stereocenters. The third-order valence-electron chi connectivity index (χ3n) is 5.00. The molecule has 2 aromatic heterocycles. The predicted octanol–water partition coefficient (Wildman–Crippen LogP) is 3.57. The van der Waals surface area contributed by atoms with E-state index >= 15 is 0 Å². The average Bonchev–Trinajstić information content (AvgIpc) is 3.04. The Labute approximate surface area is 152 Å². The van der Waals surface area contributed by atoms with Crippen molar-refractivity contribution < 1.29 is 4.92 Å². The summed E-state index contributed by atoms with van der Waals surface area (Å²) in [7, 11) is 3.91. The zero-order valence-electron chi connectivity index (χ0n) is 14.6. The fourth-order valence-electron chi connectivity index (χ4n) is 3.71. The maximum Gasteiger partial charge on any atom is 0.271 e. The molecule has 0 spiro atoms. The van der Waals surface area contributed by atoms with Gasteiger partial charge in [0.25, 0.3) is 11.2 Å². The maximum atomic E-state index is 13.2. The molecule has 5 rings (SSSR count). The van der Waals surface area contributed by atoms with Gasteiger partial charge in [-0.2, -0.15) is 0 Å². The van der Waals surface area contributed by atoms with Crippen LogP contribution in [0.2, 0.25) is 0 Å². The quantitative estimate of drug-likeness (QED) is 0.356. The van der Waals surface area contributed by atoms with E-state index in [1.54, 1.807) is 10.5 Å². The van der Waals surface area contributed by atoms with Crippen LogP contribution in [0.4, 0.5) is 11.4 Å². The van der Waals surface area contributed by atoms with Gasteiger partial charge in [-0.25, -0.2) is 4.98 Å². The van der Waals surface area contributed by atoms with Crippen molar-refractivity contribution in [2.24, 2.45) is 0 Å². The van der Waals surface area contributed by atoms with E-state index in [9.17, 15) is 14.9 Å². The summed E-state index contributed by atoms with van der Waals surface area (Å²) in [6.45, 7) is 0. The van der Waals surface area contributed by atoms with Crippen LogP contribution in [0.1, 0.15) is 0 Å². The number of anilines is 1. The second-order valence-corrected chi connectivity index (χ2v) is 6.80. The van der Waals surface area contributed by atoms with Crippen LogP contribution in [-0.2, 0) is 0 Å². The first-order valence-corrected chi connectivity index (χ1v) is 8.42. The summed E-state index contributed by atoms with van der Waals surface area (Å²) >= 11 is 0. The number of hydrogen-bond donors (Lipinski definition) is 0. The summed E-state index contributed by atoms with van der Waals surface area (Å²) in [5.74, 6) is 0. The Hall–Kier alpha value is -3.74. The Bertz CT molecular complexity index is 1450. The Balaban J connectivity index is 2.07. The number of pyridine rings is 1. The monoisotopic (exact) mass is 358 g/mol. The Morgan fingerprint density at radius 3 is 2.63 bits per heavy atom. The van der Waals surface area contributed by atoms with Gasteiger partial charge in [0.1, 0.15) is 5.65 Å². The van der Waals surface area contributed by atoms with E-state index in [4.69, 9.17) is 0 Å². The molecular weight excluding hydrogens is 344 g/mol. The molecule has 0 radical (unpaired) electrons. The normalized spacial score (nSPS) is 11.8. The summed E-state index contributed by atoms with van der Waals surface area (Å²) in [5, 5.41) is 14.4. The molecule has 132 valence electrons. The van der Waals surface area contributed by atoms with Gasteiger partial charge >= 0.3 is 0 Å². The van der Waals surface area contributed by atoms with E-state index in [0.29, 0.717) is 22.1 Å². The highest BCUT2D eigenvalue weighted by Gasteiger charge is 2.18. The van der Waals surface area contributed by atoms with Crippen LogP contribution < -0.4 is 10.5 Å². The molecule has 27 heavy (non-hydrogen) atoms. The third-order valence-corrected chi connectivity index (χ3v) is 5.00. The number of nitrogens with zero attached hydrogens (tertiary/aromatic N) is 4. The fraction of sp³-hybridized carbons (Fsp3) is 0.100. The molecule has 0 unspecified atom stereocenters. The van der Waals surface area contributed by atoms with E-state index in [2.05, 4.69) is 4.98 Å². The van der Waals surface area contributed by atoms with Crippen molar-refractivity contribution in [1.29, 1.82) is 0 Å². The van der Waals surface area contributed by atoms with Crippen LogP contribution in [0.15, 0.2) is 53.3 Å². The van der Waals surface area contributed by atoms with Gasteiger partial charge in [-0.1, -0.05) is 12.1 Å². The number of rotatable bonds is 2. The molecular formula is C20H14N4O3. The number of imidazole rings is 1. The summed E-state index contributed by atoms with van der Waals surface area (Å²) in [6.07, 6.45) is 0. The number of hydrogen-bond acceptors (Lipinski definition) is 5. The SMILES string of the molecule is CN(C)c1cc2cccc3c(=O)n4c5ccc([N+](=O)[O-])cc5nc4c(c1)c23. The minimum Gasteiger partial charge on any atom is -0.378 e. The van der Waals surface area contributed by atoms with Crippen molar-refractivity contribution >= 4 is 49.6 Å². The summed E-state index contributed by atoms with van der Waals surface area (Å²) in [6, 6.07) is 14.1. The number of aromatic nitrogens is 2. The largest absolute Gasteiger partial charge is 0.378 e. The lowest BCUT2D eigenvalue weighted by molar-refractivity contribution is -0.384. The number of non-ortho nitro benzene ring substituents is 1. The lowest BCUT2D eigenvalue weighted by Gasteiger charge is -2.15. The molecule has 0 fully saturated rings. The molecule has 5 aromatic rings. The van der Waals surface area contributed by atoms with Crippen LogP contribution in [0.3, 0.4) is 0 Å². The van der Waals surface area contributed by atoms with Gasteiger partial charge < -0.3 is 4.90 Å². The summed E-state index contributed by atoms with van der Waals surface area (Å²) < 4.78 is 1.55. The topological polar surface area (TPSA) is 80.8 Å². The fourth-order valence-corrected chi connectivity index (χ4v) is 3.71.